The summed E-state index contributed by atoms with van der Waals surface area (Å²) in [5, 5.41) is 70.5. The molecule has 0 radical (unpaired) electrons. The van der Waals surface area contributed by atoms with Crippen LogP contribution < -0.4 is 72.2 Å². The van der Waals surface area contributed by atoms with Gasteiger partial charge in [-0.15, -0.1) is 6.20 Å². The Hall–Kier alpha value is -12.9. The summed E-state index contributed by atoms with van der Waals surface area (Å²) in [6.45, 7) is 24.3. The molecule has 0 bridgehead atoms. The van der Waals surface area contributed by atoms with Crippen LogP contribution in [0.2, 0.25) is 0 Å². The summed E-state index contributed by atoms with van der Waals surface area (Å²) >= 11 is 6.53. The van der Waals surface area contributed by atoms with E-state index < -0.39 is 23.2 Å². The quantitative estimate of drug-likeness (QED) is 0.00937. The van der Waals surface area contributed by atoms with Gasteiger partial charge in [0.25, 0.3) is 5.91 Å². The van der Waals surface area contributed by atoms with E-state index in [0.717, 1.165) is 165 Å². The number of nitriles is 2. The van der Waals surface area contributed by atoms with Gasteiger partial charge in [-0.25, -0.2) is 29.5 Å². The van der Waals surface area contributed by atoms with E-state index in [1.54, 1.807) is 85.1 Å². The summed E-state index contributed by atoms with van der Waals surface area (Å²) in [6.07, 6.45) is 26.4. The van der Waals surface area contributed by atoms with Crippen LogP contribution in [0.4, 0.5) is 27.4 Å². The topological polar surface area (TPSA) is 595 Å². The number of fused-ring (bicyclic) bond motifs is 6. The number of nitrogens with two attached hydrogens (primary N) is 3. The number of para-hydroxylation sites is 3. The van der Waals surface area contributed by atoms with Gasteiger partial charge < -0.3 is 90.3 Å². The normalized spacial score (nSPS) is 19.2. The van der Waals surface area contributed by atoms with Crippen LogP contribution in [-0.4, -0.2) is 183 Å². The molecule has 3 amide bonds. The molecule has 0 saturated carbocycles. The van der Waals surface area contributed by atoms with Gasteiger partial charge in [-0.05, 0) is 216 Å². The molecule has 718 valence electrons. The molecule has 6 fully saturated rings. The summed E-state index contributed by atoms with van der Waals surface area (Å²) in [5.41, 5.74) is 23.0. The molecule has 6 aliphatic heterocycles. The second-order valence-corrected chi connectivity index (χ2v) is 37.0. The van der Waals surface area contributed by atoms with Crippen molar-refractivity contribution in [3.05, 3.63) is 174 Å². The summed E-state index contributed by atoms with van der Waals surface area (Å²) < 4.78 is 35.9. The van der Waals surface area contributed by atoms with Crippen LogP contribution in [0, 0.1) is 50.5 Å². The number of imidazole rings is 3. The molecule has 0 unspecified atom stereocenters. The van der Waals surface area contributed by atoms with Crippen molar-refractivity contribution in [2.24, 2.45) is 112 Å². The fourth-order valence-electron chi connectivity index (χ4n) is 17.1. The molecule has 18 rings (SSSR count). The van der Waals surface area contributed by atoms with Crippen molar-refractivity contribution in [2.45, 2.75) is 183 Å². The zero-order valence-corrected chi connectivity index (χ0v) is 82.0. The number of amides is 3. The van der Waals surface area contributed by atoms with E-state index in [-0.39, 0.29) is 117 Å². The molecule has 6 atom stereocenters. The van der Waals surface area contributed by atoms with E-state index in [4.69, 9.17) is 55.9 Å². The SMILES string of the molecule is C.C.C[C@@H]1OCC2(CCN(c3nc[c-]c4nccn34)CC2)[C@@H]1NC(=O)OC(C)(C)C.C[C@@H]1OCC2(CCN(c3ncc(Sc4ccnc5c(C#N)cccc45)c4nccn34)CC2)[C@@H]1NC(=O)OC(C)(C)C.C[C@@H]1OCC2(CCN(c3ncc(Sc4ccnc5c(C(N)=O)cccc45)c4nccn34)CC2)[C@@H]1N.N#Cc1cccc2c(Br)ccnc12.N=N/N=N/N=N/N=N/N=N/N=N/N=N/N=N/N.[Na+].[SH-]. The number of pyridine rings is 3. The summed E-state index contributed by atoms with van der Waals surface area (Å²) in [7, 11) is 0. The first-order valence-corrected chi connectivity index (χ1v) is 44.9. The van der Waals surface area contributed by atoms with Crippen LogP contribution in [0.15, 0.2) is 250 Å². The van der Waals surface area contributed by atoms with Gasteiger partial charge in [-0.1, -0.05) is 95.9 Å². The molecule has 15 heterocycles. The zero-order chi connectivity index (χ0) is 94.7. The summed E-state index contributed by atoms with van der Waals surface area (Å²) in [4.78, 5) is 88.3. The van der Waals surface area contributed by atoms with Gasteiger partial charge in [0.1, 0.15) is 23.3 Å². The first kappa shape index (κ1) is 107. The number of carbonyl (C=O) groups excluding carboxylic acids is 3. The minimum atomic E-state index is -0.556. The van der Waals surface area contributed by atoms with Crippen LogP contribution in [0.1, 0.15) is 137 Å². The average molecular weight is 2010 g/mol. The Morgan fingerprint density at radius 1 is 0.514 bits per heavy atom. The summed E-state index contributed by atoms with van der Waals surface area (Å²) in [5.74, 6) is 6.69. The second kappa shape index (κ2) is 48.4. The molecule has 46 nitrogen and oxygen atoms in total. The molecular formula is C87H105BrN38NaO8S3-. The number of halogens is 1. The maximum absolute atomic E-state index is 12.6. The Bertz CT molecular complexity index is 6550. The van der Waals surface area contributed by atoms with Crippen molar-refractivity contribution in [1.29, 1.82) is 16.1 Å². The van der Waals surface area contributed by atoms with Crippen LogP contribution in [-0.2, 0) is 37.2 Å². The third kappa shape index (κ3) is 25.3. The molecule has 3 aromatic carbocycles. The molecule has 9 N–H and O–H groups in total. The molecule has 12 aromatic rings. The number of ether oxygens (including phenoxy) is 5. The number of alkyl carbamates (subject to hydrolysis) is 2. The third-order valence-corrected chi connectivity index (χ3v) is 26.4. The van der Waals surface area contributed by atoms with Crippen LogP contribution in [0.3, 0.4) is 0 Å². The van der Waals surface area contributed by atoms with Gasteiger partial charge >= 0.3 is 41.7 Å². The number of piperidine rings is 3. The Morgan fingerprint density at radius 2 is 0.906 bits per heavy atom. The van der Waals surface area contributed by atoms with Crippen molar-refractivity contribution in [2.75, 3.05) is 73.8 Å². The number of nitrogens with zero attached hydrogens (tertiary/aromatic N) is 32. The van der Waals surface area contributed by atoms with Crippen molar-refractivity contribution >= 4 is 139 Å². The number of aromatic nitrogens is 12. The Labute approximate surface area is 840 Å². The number of benzene rings is 3. The van der Waals surface area contributed by atoms with Crippen molar-refractivity contribution < 1.29 is 67.6 Å². The van der Waals surface area contributed by atoms with Crippen LogP contribution >= 0.6 is 39.5 Å². The van der Waals surface area contributed by atoms with Crippen molar-refractivity contribution in [1.82, 2.24) is 68.7 Å². The molecule has 6 aliphatic rings. The standard InChI is InChI=1S/C30H33N7O3S.C25H27N7O2S.C20H28N5O3.C10H5BrN2.2CH4.H3N17.Na.H2S/c1-19-25(35-28(38)40-29(2,3)4)30(18-39-19)9-13-36(14-10-30)27-34-17-23(26-33-12-15-37(26)27)41-22-8-11-32-24-20(16-31)6-5-7-21(22)24;1-15-21(26)25(14-34-15)6-10-31(11-7-25)24-30-13-19(23-29-9-12-32(23)24)35-18-5-8-28-20-16(18)3-2-4-17(20)22(27)33;1-14-16(23-18(26)28-19(2,3)4)20(13-27-14)6-10-24(11-7-20)17-22-8-5-15-21-9-12-25(15)17;11-9-4-5-13-10-7(6-12)2-1-3-8(9)10;;;1-3-5-7-9-11-13-15-17-16-14-12-10-8-6-4-2;;/h5-8,11-12,15,17,19,25H,9-10,13-14,18H2,1-4H3,(H,35,38);2-5,8-9,12-13,15,21H,6-7,10-11,14,26H2,1H3,(H2,27,33);8-9,12,14,16H,6-7,10-11,13H2,1-4H3,(H,23,26);1-5H;2*1H4;(H3,1,2,5,6,9,10,13,14,17);;1H2/q;;-1;;;;;+1;/p-1/t19-,25+;15-,21+;14-,16+;;;;;;/m000....../s1. The average Bonchev–Trinajstić information content (AvgIpc) is 1.58. The molecule has 6 saturated heterocycles. The number of thiol groups is 1. The number of anilines is 3. The van der Waals surface area contributed by atoms with Gasteiger partial charge in [-0.2, -0.15) is 16.1 Å². The Balaban J connectivity index is 0.000000186. The first-order chi connectivity index (χ1) is 64.7. The van der Waals surface area contributed by atoms with E-state index in [1.807, 2.05) is 154 Å². The summed E-state index contributed by atoms with van der Waals surface area (Å²) in [6, 6.07) is 29.7. The van der Waals surface area contributed by atoms with E-state index in [2.05, 4.69) is 185 Å². The number of carbonyl (C=O) groups is 3. The third-order valence-electron chi connectivity index (χ3n) is 23.5. The van der Waals surface area contributed by atoms with Gasteiger partial charge in [0, 0.05) is 160 Å². The predicted octanol–water partition coefficient (Wildman–Crippen LogP) is 13.8. The number of hydrogen-bond acceptors (Lipinski definition) is 28. The van der Waals surface area contributed by atoms with E-state index in [1.165, 1.54) is 0 Å². The smallest absolute Gasteiger partial charge is 0.813 e. The maximum Gasteiger partial charge on any atom is 1.00 e. The number of hydrogen-bond donors (Lipinski definition) is 6. The fourth-order valence-corrected chi connectivity index (χ4v) is 19.5. The van der Waals surface area contributed by atoms with Gasteiger partial charge in [0.15, 0.2) is 11.3 Å². The molecule has 51 heteroatoms. The Kier molecular flexibility index (Phi) is 37.6. The maximum atomic E-state index is 12.6. The van der Waals surface area contributed by atoms with Crippen LogP contribution in [0.5, 0.6) is 0 Å². The number of primary amides is 1. The van der Waals surface area contributed by atoms with Gasteiger partial charge in [0.05, 0.1) is 93.2 Å². The van der Waals surface area contributed by atoms with E-state index in [0.29, 0.717) is 40.9 Å². The largest absolute Gasteiger partial charge is 1.00 e. The molecule has 9 aromatic heterocycles. The van der Waals surface area contributed by atoms with E-state index in [9.17, 15) is 19.6 Å². The Morgan fingerprint density at radius 3 is 1.35 bits per heavy atom. The molecule has 0 aliphatic carbocycles. The minimum absolute atomic E-state index is 0. The molecule has 138 heavy (non-hydrogen) atoms. The number of nitrogens with one attached hydrogen (secondary N) is 3. The monoisotopic (exact) mass is 2010 g/mol. The number of rotatable bonds is 17. The first-order valence-electron chi connectivity index (χ1n) is 42.5. The van der Waals surface area contributed by atoms with Gasteiger partial charge in [0.2, 0.25) is 17.8 Å². The predicted molar refractivity (Wildman–Crippen MR) is 515 cm³/mol. The molecule has 3 spiro atoms. The molecular weight excluding hydrogens is 1900 g/mol. The second-order valence-electron chi connectivity index (χ2n) is 34.0. The minimum Gasteiger partial charge on any atom is -0.813 e. The van der Waals surface area contributed by atoms with Crippen molar-refractivity contribution in [3.8, 4) is 12.1 Å². The van der Waals surface area contributed by atoms with Crippen molar-refractivity contribution in [3.63, 3.8) is 0 Å². The fraction of sp³-hybridized carbons (Fsp3) is 0.425. The van der Waals surface area contributed by atoms with Gasteiger partial charge in [-0.3, -0.25) is 38.5 Å². The van der Waals surface area contributed by atoms with E-state index >= 15 is 0 Å². The van der Waals surface area contributed by atoms with Crippen LogP contribution in [0.25, 0.3) is 49.7 Å². The zero-order valence-electron chi connectivity index (χ0n) is 75.9.